The SMILES string of the molecule is CNC(Cc1ccc(Br)cc1)C1CCCC1. The molecule has 1 fully saturated rings. The molecular weight excluding hydrogens is 262 g/mol. The van der Waals surface area contributed by atoms with E-state index >= 15 is 0 Å². The fourth-order valence-corrected chi connectivity index (χ4v) is 3.00. The maximum atomic E-state index is 3.50. The van der Waals surface area contributed by atoms with Crippen molar-refractivity contribution in [2.45, 2.75) is 38.1 Å². The maximum Gasteiger partial charge on any atom is 0.0175 e. The summed E-state index contributed by atoms with van der Waals surface area (Å²) < 4.78 is 1.16. The largest absolute Gasteiger partial charge is 0.316 e. The second-order valence-electron chi connectivity index (χ2n) is 4.77. The number of nitrogens with one attached hydrogen (secondary N) is 1. The van der Waals surface area contributed by atoms with Gasteiger partial charge in [-0.15, -0.1) is 0 Å². The highest BCUT2D eigenvalue weighted by Crippen LogP contribution is 2.29. The van der Waals surface area contributed by atoms with Crippen molar-refractivity contribution in [2.75, 3.05) is 7.05 Å². The average molecular weight is 282 g/mol. The number of hydrogen-bond donors (Lipinski definition) is 1. The Bertz CT molecular complexity index is 314. The molecule has 0 spiro atoms. The van der Waals surface area contributed by atoms with Crippen LogP contribution in [0.3, 0.4) is 0 Å². The molecule has 16 heavy (non-hydrogen) atoms. The molecule has 0 aliphatic heterocycles. The summed E-state index contributed by atoms with van der Waals surface area (Å²) in [6.07, 6.45) is 6.81. The van der Waals surface area contributed by atoms with E-state index in [4.69, 9.17) is 0 Å². The minimum Gasteiger partial charge on any atom is -0.316 e. The second-order valence-corrected chi connectivity index (χ2v) is 5.69. The van der Waals surface area contributed by atoms with Crippen LogP contribution >= 0.6 is 15.9 Å². The van der Waals surface area contributed by atoms with Crippen molar-refractivity contribution in [3.63, 3.8) is 0 Å². The lowest BCUT2D eigenvalue weighted by Crippen LogP contribution is -2.34. The van der Waals surface area contributed by atoms with E-state index in [2.05, 4.69) is 52.6 Å². The van der Waals surface area contributed by atoms with Crippen LogP contribution in [-0.4, -0.2) is 13.1 Å². The van der Waals surface area contributed by atoms with Crippen molar-refractivity contribution < 1.29 is 0 Å². The number of halogens is 1. The van der Waals surface area contributed by atoms with Crippen LogP contribution in [0.15, 0.2) is 28.7 Å². The van der Waals surface area contributed by atoms with E-state index in [1.54, 1.807) is 0 Å². The Morgan fingerprint density at radius 3 is 2.44 bits per heavy atom. The summed E-state index contributed by atoms with van der Waals surface area (Å²) in [5.74, 6) is 0.883. The maximum absolute atomic E-state index is 3.50. The zero-order valence-corrected chi connectivity index (χ0v) is 11.5. The number of benzene rings is 1. The third-order valence-corrected chi connectivity index (χ3v) is 4.24. The van der Waals surface area contributed by atoms with Crippen LogP contribution in [0.25, 0.3) is 0 Å². The first kappa shape index (κ1) is 12.1. The topological polar surface area (TPSA) is 12.0 Å². The Morgan fingerprint density at radius 2 is 1.88 bits per heavy atom. The molecule has 1 aromatic rings. The highest BCUT2D eigenvalue weighted by Gasteiger charge is 2.23. The van der Waals surface area contributed by atoms with Gasteiger partial charge in [-0.25, -0.2) is 0 Å². The molecule has 0 bridgehead atoms. The van der Waals surface area contributed by atoms with E-state index in [-0.39, 0.29) is 0 Å². The second kappa shape index (κ2) is 5.83. The molecule has 0 heterocycles. The fourth-order valence-electron chi connectivity index (χ4n) is 2.74. The molecule has 1 unspecified atom stereocenters. The van der Waals surface area contributed by atoms with Gasteiger partial charge in [0, 0.05) is 10.5 Å². The van der Waals surface area contributed by atoms with Gasteiger partial charge in [0.2, 0.25) is 0 Å². The molecule has 1 N–H and O–H groups in total. The first-order valence-electron chi connectivity index (χ1n) is 6.21. The molecule has 0 radical (unpaired) electrons. The standard InChI is InChI=1S/C14H20BrN/c1-16-14(12-4-2-3-5-12)10-11-6-8-13(15)9-7-11/h6-9,12,14,16H,2-5,10H2,1H3. The third kappa shape index (κ3) is 3.08. The molecule has 0 aromatic heterocycles. The molecular formula is C14H20BrN. The molecule has 88 valence electrons. The molecule has 0 amide bonds. The molecule has 2 rings (SSSR count). The van der Waals surface area contributed by atoms with Gasteiger partial charge in [0.15, 0.2) is 0 Å². The van der Waals surface area contributed by atoms with Crippen molar-refractivity contribution in [1.82, 2.24) is 5.32 Å². The summed E-state index contributed by atoms with van der Waals surface area (Å²) in [5, 5.41) is 3.50. The Kier molecular flexibility index (Phi) is 4.42. The van der Waals surface area contributed by atoms with Gasteiger partial charge < -0.3 is 5.32 Å². The van der Waals surface area contributed by atoms with E-state index in [0.29, 0.717) is 6.04 Å². The van der Waals surface area contributed by atoms with Crippen LogP contribution in [0.5, 0.6) is 0 Å². The molecule has 1 aliphatic rings. The van der Waals surface area contributed by atoms with Crippen molar-refractivity contribution in [2.24, 2.45) is 5.92 Å². The molecule has 1 aromatic carbocycles. The smallest absolute Gasteiger partial charge is 0.0175 e. The number of rotatable bonds is 4. The molecule has 0 saturated heterocycles. The first-order chi connectivity index (χ1) is 7.79. The van der Waals surface area contributed by atoms with Crippen LogP contribution in [0.1, 0.15) is 31.2 Å². The van der Waals surface area contributed by atoms with Crippen LogP contribution < -0.4 is 5.32 Å². The third-order valence-electron chi connectivity index (χ3n) is 3.71. The minimum absolute atomic E-state index is 0.656. The van der Waals surface area contributed by atoms with Crippen LogP contribution in [-0.2, 0) is 6.42 Å². The predicted octanol–water partition coefficient (Wildman–Crippen LogP) is 3.77. The molecule has 1 atom stereocenters. The van der Waals surface area contributed by atoms with Crippen molar-refractivity contribution in [3.05, 3.63) is 34.3 Å². The summed E-state index contributed by atoms with van der Waals surface area (Å²) in [6.45, 7) is 0. The highest BCUT2D eigenvalue weighted by molar-refractivity contribution is 9.10. The van der Waals surface area contributed by atoms with Gasteiger partial charge in [0.05, 0.1) is 0 Å². The van der Waals surface area contributed by atoms with Gasteiger partial charge in [-0.05, 0) is 49.9 Å². The lowest BCUT2D eigenvalue weighted by Gasteiger charge is -2.23. The van der Waals surface area contributed by atoms with Gasteiger partial charge in [-0.2, -0.15) is 0 Å². The summed E-state index contributed by atoms with van der Waals surface area (Å²) in [4.78, 5) is 0. The highest BCUT2D eigenvalue weighted by atomic mass is 79.9. The average Bonchev–Trinajstić information content (AvgIpc) is 2.82. The van der Waals surface area contributed by atoms with Crippen molar-refractivity contribution in [3.8, 4) is 0 Å². The van der Waals surface area contributed by atoms with Crippen LogP contribution in [0, 0.1) is 5.92 Å². The molecule has 1 aliphatic carbocycles. The molecule has 1 saturated carbocycles. The minimum atomic E-state index is 0.656. The van der Waals surface area contributed by atoms with E-state index in [1.807, 2.05) is 0 Å². The Hall–Kier alpha value is -0.340. The summed E-state index contributed by atoms with van der Waals surface area (Å²) in [7, 11) is 2.10. The molecule has 2 heteroatoms. The monoisotopic (exact) mass is 281 g/mol. The van der Waals surface area contributed by atoms with E-state index in [1.165, 1.54) is 31.2 Å². The van der Waals surface area contributed by atoms with Gasteiger partial charge >= 0.3 is 0 Å². The summed E-state index contributed by atoms with van der Waals surface area (Å²) in [6, 6.07) is 9.38. The summed E-state index contributed by atoms with van der Waals surface area (Å²) >= 11 is 3.48. The first-order valence-corrected chi connectivity index (χ1v) is 7.00. The predicted molar refractivity (Wildman–Crippen MR) is 72.7 cm³/mol. The normalized spacial score (nSPS) is 18.9. The summed E-state index contributed by atoms with van der Waals surface area (Å²) in [5.41, 5.74) is 1.44. The van der Waals surface area contributed by atoms with E-state index in [0.717, 1.165) is 16.8 Å². The zero-order chi connectivity index (χ0) is 11.4. The Morgan fingerprint density at radius 1 is 1.25 bits per heavy atom. The van der Waals surface area contributed by atoms with Gasteiger partial charge in [0.25, 0.3) is 0 Å². The lowest BCUT2D eigenvalue weighted by molar-refractivity contribution is 0.377. The van der Waals surface area contributed by atoms with E-state index < -0.39 is 0 Å². The number of likely N-dealkylation sites (N-methyl/N-ethyl adjacent to an activating group) is 1. The van der Waals surface area contributed by atoms with Crippen molar-refractivity contribution >= 4 is 15.9 Å². The fraction of sp³-hybridized carbons (Fsp3) is 0.571. The Labute approximate surface area is 107 Å². The molecule has 1 nitrogen and oxygen atoms in total. The van der Waals surface area contributed by atoms with Crippen LogP contribution in [0.2, 0.25) is 0 Å². The van der Waals surface area contributed by atoms with Gasteiger partial charge in [0.1, 0.15) is 0 Å². The lowest BCUT2D eigenvalue weighted by atomic mass is 9.92. The van der Waals surface area contributed by atoms with Crippen molar-refractivity contribution in [1.29, 1.82) is 0 Å². The van der Waals surface area contributed by atoms with Gasteiger partial charge in [-0.1, -0.05) is 40.9 Å². The van der Waals surface area contributed by atoms with Gasteiger partial charge in [-0.3, -0.25) is 0 Å². The number of hydrogen-bond acceptors (Lipinski definition) is 1. The van der Waals surface area contributed by atoms with Crippen LogP contribution in [0.4, 0.5) is 0 Å². The quantitative estimate of drug-likeness (QED) is 0.886. The zero-order valence-electron chi connectivity index (χ0n) is 9.88. The Balaban J connectivity index is 1.97. The van der Waals surface area contributed by atoms with E-state index in [9.17, 15) is 0 Å².